The molecule has 0 aliphatic heterocycles. The molecule has 1 unspecified atom stereocenters. The topological polar surface area (TPSA) is 71.4 Å². The Hall–Kier alpha value is -1.07. The Kier molecular flexibility index (Phi) is 4.16. The fraction of sp³-hybridized carbons (Fsp3) is 0.364. The van der Waals surface area contributed by atoms with Crippen LogP contribution in [0.2, 0.25) is 0 Å². The Morgan fingerprint density at radius 2 is 1.71 bits per heavy atom. The van der Waals surface area contributed by atoms with Crippen LogP contribution < -0.4 is 0 Å². The molecule has 1 rings (SSSR count). The number of carbonyl (C=O) groups is 1. The second-order valence-corrected chi connectivity index (χ2v) is 6.80. The fourth-order valence-electron chi connectivity index (χ4n) is 1.24. The summed E-state index contributed by atoms with van der Waals surface area (Å²) in [6.45, 7) is 3.18. The summed E-state index contributed by atoms with van der Waals surface area (Å²) in [5.41, 5.74) is 0.363. The van der Waals surface area contributed by atoms with Crippen LogP contribution in [-0.4, -0.2) is 24.7 Å². The van der Waals surface area contributed by atoms with Crippen molar-refractivity contribution in [1.82, 2.24) is 0 Å². The smallest absolute Gasteiger partial charge is 0.326 e. The van der Waals surface area contributed by atoms with Gasteiger partial charge in [-0.15, -0.1) is 11.6 Å². The van der Waals surface area contributed by atoms with Gasteiger partial charge in [0, 0.05) is 0 Å². The van der Waals surface area contributed by atoms with Gasteiger partial charge in [-0.05, 0) is 31.5 Å². The van der Waals surface area contributed by atoms with Crippen molar-refractivity contribution >= 4 is 27.4 Å². The van der Waals surface area contributed by atoms with Crippen molar-refractivity contribution in [2.24, 2.45) is 0 Å². The van der Waals surface area contributed by atoms with E-state index in [0.29, 0.717) is 5.56 Å². The van der Waals surface area contributed by atoms with E-state index in [9.17, 15) is 13.2 Å². The lowest BCUT2D eigenvalue weighted by atomic mass is 10.1. The Labute approximate surface area is 105 Å². The predicted octanol–water partition coefficient (Wildman–Crippen LogP) is 2.23. The number of carboxylic acids is 1. The van der Waals surface area contributed by atoms with Gasteiger partial charge in [0.25, 0.3) is 0 Å². The first-order chi connectivity index (χ1) is 7.76. The van der Waals surface area contributed by atoms with E-state index in [1.165, 1.54) is 24.3 Å². The summed E-state index contributed by atoms with van der Waals surface area (Å²) in [6, 6.07) is 5.59. The summed E-state index contributed by atoms with van der Waals surface area (Å²) in [7, 11) is -3.33. The Balaban J connectivity index is 3.09. The Morgan fingerprint density at radius 3 is 2.06 bits per heavy atom. The van der Waals surface area contributed by atoms with Gasteiger partial charge in [0.05, 0.1) is 10.1 Å². The Morgan fingerprint density at radius 1 is 1.24 bits per heavy atom. The summed E-state index contributed by atoms with van der Waals surface area (Å²) in [6.07, 6.45) is 0. The lowest BCUT2D eigenvalue weighted by molar-refractivity contribution is -0.136. The van der Waals surface area contributed by atoms with Crippen molar-refractivity contribution in [1.29, 1.82) is 0 Å². The molecule has 0 spiro atoms. The van der Waals surface area contributed by atoms with E-state index < -0.39 is 26.4 Å². The minimum atomic E-state index is -3.33. The molecule has 1 aromatic rings. The number of halogens is 1. The Bertz CT molecular complexity index is 505. The zero-order valence-corrected chi connectivity index (χ0v) is 11.0. The summed E-state index contributed by atoms with van der Waals surface area (Å²) in [5, 5.41) is 7.03. The number of carboxylic acid groups (broad SMARTS) is 1. The summed E-state index contributed by atoms with van der Waals surface area (Å²) < 4.78 is 23.6. The highest BCUT2D eigenvalue weighted by molar-refractivity contribution is 7.92. The first-order valence-corrected chi connectivity index (χ1v) is 6.96. The predicted molar refractivity (Wildman–Crippen MR) is 65.0 cm³/mol. The number of hydrogen-bond acceptors (Lipinski definition) is 3. The third kappa shape index (κ3) is 2.98. The molecular weight excluding hydrogens is 264 g/mol. The average molecular weight is 277 g/mol. The molecule has 0 aromatic heterocycles. The van der Waals surface area contributed by atoms with Gasteiger partial charge >= 0.3 is 5.97 Å². The van der Waals surface area contributed by atoms with Crippen LogP contribution in [0.25, 0.3) is 0 Å². The maximum atomic E-state index is 11.8. The highest BCUT2D eigenvalue weighted by Gasteiger charge is 2.21. The first-order valence-electron chi connectivity index (χ1n) is 4.97. The van der Waals surface area contributed by atoms with E-state index in [1.807, 2.05) is 0 Å². The molecule has 0 heterocycles. The molecule has 0 saturated heterocycles. The van der Waals surface area contributed by atoms with Gasteiger partial charge in [-0.2, -0.15) is 0 Å². The van der Waals surface area contributed by atoms with E-state index in [2.05, 4.69) is 0 Å². The van der Waals surface area contributed by atoms with E-state index in [0.717, 1.165) is 0 Å². The SMILES string of the molecule is CC(C)S(=O)(=O)c1ccc(C(Cl)C(=O)O)cc1. The second-order valence-electron chi connectivity index (χ2n) is 3.86. The lowest BCUT2D eigenvalue weighted by Gasteiger charge is -2.09. The van der Waals surface area contributed by atoms with Gasteiger partial charge in [-0.3, -0.25) is 4.79 Å². The van der Waals surface area contributed by atoms with Crippen LogP contribution >= 0.6 is 11.6 Å². The lowest BCUT2D eigenvalue weighted by Crippen LogP contribution is -2.14. The van der Waals surface area contributed by atoms with Crippen molar-refractivity contribution in [3.8, 4) is 0 Å². The van der Waals surface area contributed by atoms with Crippen LogP contribution in [0, 0.1) is 0 Å². The third-order valence-electron chi connectivity index (χ3n) is 2.34. The maximum Gasteiger partial charge on any atom is 0.326 e. The van der Waals surface area contributed by atoms with Gasteiger partial charge < -0.3 is 5.11 Å². The van der Waals surface area contributed by atoms with E-state index >= 15 is 0 Å². The molecule has 0 fully saturated rings. The van der Waals surface area contributed by atoms with Crippen LogP contribution in [0.15, 0.2) is 29.2 Å². The molecule has 4 nitrogen and oxygen atoms in total. The summed E-state index contributed by atoms with van der Waals surface area (Å²) in [4.78, 5) is 10.8. The van der Waals surface area contributed by atoms with Crippen LogP contribution in [0.5, 0.6) is 0 Å². The van der Waals surface area contributed by atoms with Gasteiger partial charge in [0.1, 0.15) is 0 Å². The zero-order valence-electron chi connectivity index (χ0n) is 9.42. The normalized spacial score (nSPS) is 13.6. The number of sulfone groups is 1. The highest BCUT2D eigenvalue weighted by atomic mass is 35.5. The molecule has 0 radical (unpaired) electrons. The molecule has 1 aromatic carbocycles. The van der Waals surface area contributed by atoms with Crippen LogP contribution in [-0.2, 0) is 14.6 Å². The van der Waals surface area contributed by atoms with Crippen molar-refractivity contribution < 1.29 is 18.3 Å². The van der Waals surface area contributed by atoms with E-state index in [1.54, 1.807) is 13.8 Å². The molecule has 94 valence electrons. The molecule has 17 heavy (non-hydrogen) atoms. The van der Waals surface area contributed by atoms with Crippen molar-refractivity contribution in [2.45, 2.75) is 29.4 Å². The van der Waals surface area contributed by atoms with Crippen molar-refractivity contribution in [3.63, 3.8) is 0 Å². The minimum Gasteiger partial charge on any atom is -0.480 e. The van der Waals surface area contributed by atoms with Gasteiger partial charge in [0.2, 0.25) is 0 Å². The second kappa shape index (κ2) is 5.06. The molecule has 0 saturated carbocycles. The molecular formula is C11H13ClO4S. The monoisotopic (exact) mass is 276 g/mol. The molecule has 0 aliphatic carbocycles. The van der Waals surface area contributed by atoms with Gasteiger partial charge in [-0.1, -0.05) is 12.1 Å². The largest absolute Gasteiger partial charge is 0.480 e. The number of benzene rings is 1. The van der Waals surface area contributed by atoms with Crippen molar-refractivity contribution in [2.75, 3.05) is 0 Å². The first kappa shape index (κ1) is 14.0. The molecule has 1 atom stereocenters. The zero-order chi connectivity index (χ0) is 13.2. The average Bonchev–Trinajstić information content (AvgIpc) is 2.27. The van der Waals surface area contributed by atoms with Crippen LogP contribution in [0.4, 0.5) is 0 Å². The maximum absolute atomic E-state index is 11.8. The number of hydrogen-bond donors (Lipinski definition) is 1. The van der Waals surface area contributed by atoms with Gasteiger partial charge in [-0.25, -0.2) is 8.42 Å². The van der Waals surface area contributed by atoms with E-state index in [-0.39, 0.29) is 4.90 Å². The molecule has 0 bridgehead atoms. The molecule has 1 N–H and O–H groups in total. The van der Waals surface area contributed by atoms with Crippen molar-refractivity contribution in [3.05, 3.63) is 29.8 Å². The summed E-state index contributed by atoms with van der Waals surface area (Å²) >= 11 is 5.62. The molecule has 0 aliphatic rings. The quantitative estimate of drug-likeness (QED) is 0.856. The highest BCUT2D eigenvalue weighted by Crippen LogP contribution is 2.23. The third-order valence-corrected chi connectivity index (χ3v) is 4.95. The van der Waals surface area contributed by atoms with E-state index in [4.69, 9.17) is 16.7 Å². The fourth-order valence-corrected chi connectivity index (χ4v) is 2.45. The van der Waals surface area contributed by atoms with Gasteiger partial charge in [0.15, 0.2) is 15.2 Å². The molecule has 6 heteroatoms. The van der Waals surface area contributed by atoms with Crippen LogP contribution in [0.1, 0.15) is 24.8 Å². The number of rotatable bonds is 4. The van der Waals surface area contributed by atoms with Crippen LogP contribution in [0.3, 0.4) is 0 Å². The number of alkyl halides is 1. The molecule has 0 amide bonds. The number of aliphatic carboxylic acids is 1. The standard InChI is InChI=1S/C11H13ClO4S/c1-7(2)17(15,16)9-5-3-8(4-6-9)10(12)11(13)14/h3-7,10H,1-2H3,(H,13,14). The minimum absolute atomic E-state index is 0.172. The summed E-state index contributed by atoms with van der Waals surface area (Å²) in [5.74, 6) is -1.16.